The quantitative estimate of drug-likeness (QED) is 0.273. The van der Waals surface area contributed by atoms with E-state index >= 15 is 0 Å². The maximum atomic E-state index is 5.25. The summed E-state index contributed by atoms with van der Waals surface area (Å²) < 4.78 is 5.25. The third-order valence-electron chi connectivity index (χ3n) is 4.98. The molecule has 0 radical (unpaired) electrons. The van der Waals surface area contributed by atoms with E-state index in [1.54, 1.807) is 12.7 Å². The van der Waals surface area contributed by atoms with E-state index in [0.717, 1.165) is 38.5 Å². The predicted octanol–water partition coefficient (Wildman–Crippen LogP) is 3.48. The van der Waals surface area contributed by atoms with Crippen molar-refractivity contribution in [2.45, 2.75) is 51.4 Å². The number of hydrogen-bond acceptors (Lipinski definition) is 2. The number of aliphatic imine (C=N–C) groups is 1. The van der Waals surface area contributed by atoms with Crippen LogP contribution in [0.2, 0.25) is 0 Å². The number of ether oxygens (including phenoxy) is 1. The molecule has 1 saturated carbocycles. The molecule has 0 saturated heterocycles. The number of hydrogen-bond donors (Lipinski definition) is 2. The van der Waals surface area contributed by atoms with Crippen molar-refractivity contribution in [1.82, 2.24) is 10.6 Å². The molecule has 5 heteroatoms. The highest BCUT2D eigenvalue weighted by Gasteiger charge is 2.36. The van der Waals surface area contributed by atoms with Crippen LogP contribution in [0.15, 0.2) is 16.6 Å². The molecule has 2 N–H and O–H groups in total. The second-order valence-electron chi connectivity index (χ2n) is 6.45. The zero-order valence-electron chi connectivity index (χ0n) is 14.1. The van der Waals surface area contributed by atoms with Crippen molar-refractivity contribution in [3.63, 3.8) is 0 Å². The van der Waals surface area contributed by atoms with E-state index in [2.05, 4.69) is 21.7 Å². The van der Waals surface area contributed by atoms with E-state index in [1.807, 2.05) is 7.05 Å². The molecule has 0 amide bonds. The lowest BCUT2D eigenvalue weighted by atomic mass is 9.67. The number of halogens is 1. The van der Waals surface area contributed by atoms with Crippen LogP contribution in [-0.4, -0.2) is 39.8 Å². The van der Waals surface area contributed by atoms with E-state index in [4.69, 9.17) is 4.74 Å². The van der Waals surface area contributed by atoms with Gasteiger partial charge in [0.1, 0.15) is 0 Å². The Morgan fingerprint density at radius 1 is 1.32 bits per heavy atom. The van der Waals surface area contributed by atoms with E-state index in [0.29, 0.717) is 5.41 Å². The zero-order valence-corrected chi connectivity index (χ0v) is 16.4. The van der Waals surface area contributed by atoms with Gasteiger partial charge in [-0.25, -0.2) is 0 Å². The lowest BCUT2D eigenvalue weighted by molar-refractivity contribution is 0.0732. The second-order valence-corrected chi connectivity index (χ2v) is 6.45. The monoisotopic (exact) mass is 421 g/mol. The van der Waals surface area contributed by atoms with Gasteiger partial charge in [0.15, 0.2) is 5.96 Å². The first-order valence-electron chi connectivity index (χ1n) is 8.39. The molecule has 0 bridgehead atoms. The normalized spacial score (nSPS) is 19.9. The summed E-state index contributed by atoms with van der Waals surface area (Å²) in [7, 11) is 3.64. The van der Waals surface area contributed by atoms with Crippen molar-refractivity contribution in [2.24, 2.45) is 10.4 Å². The van der Waals surface area contributed by atoms with Crippen molar-refractivity contribution < 1.29 is 4.74 Å². The van der Waals surface area contributed by atoms with Crippen LogP contribution in [0.1, 0.15) is 51.4 Å². The fourth-order valence-corrected chi connectivity index (χ4v) is 3.31. The summed E-state index contributed by atoms with van der Waals surface area (Å²) in [5, 5.41) is 6.95. The van der Waals surface area contributed by atoms with Crippen molar-refractivity contribution in [2.75, 3.05) is 33.9 Å². The summed E-state index contributed by atoms with van der Waals surface area (Å²) in [6.45, 7) is 2.86. The van der Waals surface area contributed by atoms with E-state index in [9.17, 15) is 0 Å². The first kappa shape index (κ1) is 19.7. The number of guanidine groups is 1. The van der Waals surface area contributed by atoms with E-state index in [1.165, 1.54) is 38.5 Å². The Morgan fingerprint density at radius 3 is 2.68 bits per heavy atom. The number of nitrogens with zero attached hydrogens (tertiary/aromatic N) is 1. The summed E-state index contributed by atoms with van der Waals surface area (Å²) in [5.74, 6) is 0.942. The molecule has 2 aliphatic carbocycles. The topological polar surface area (TPSA) is 45.7 Å². The van der Waals surface area contributed by atoms with Gasteiger partial charge >= 0.3 is 0 Å². The standard InChI is InChI=1S/C17H31N3O.HI/c1-18-16(19-12-8-15-6-3-4-7-15)20-14-17(9-5-10-17)11-13-21-2;/h6H,3-5,7-14H2,1-2H3,(H2,18,19,20);1H. The molecule has 128 valence electrons. The van der Waals surface area contributed by atoms with Crippen LogP contribution in [-0.2, 0) is 4.74 Å². The van der Waals surface area contributed by atoms with Gasteiger partial charge in [-0.15, -0.1) is 24.0 Å². The van der Waals surface area contributed by atoms with Crippen LogP contribution in [0.25, 0.3) is 0 Å². The summed E-state index contributed by atoms with van der Waals surface area (Å²) in [4.78, 5) is 4.34. The van der Waals surface area contributed by atoms with Gasteiger partial charge in [0.25, 0.3) is 0 Å². The first-order chi connectivity index (χ1) is 10.3. The number of nitrogens with one attached hydrogen (secondary N) is 2. The predicted molar refractivity (Wildman–Crippen MR) is 104 cm³/mol. The average Bonchev–Trinajstić information content (AvgIpc) is 2.97. The van der Waals surface area contributed by atoms with E-state index < -0.39 is 0 Å². The Balaban J connectivity index is 0.00000242. The van der Waals surface area contributed by atoms with Crippen molar-refractivity contribution in [1.29, 1.82) is 0 Å². The highest BCUT2D eigenvalue weighted by atomic mass is 127. The van der Waals surface area contributed by atoms with Crippen LogP contribution >= 0.6 is 24.0 Å². The molecule has 0 aromatic carbocycles. The molecule has 2 rings (SSSR count). The molecule has 0 aromatic heterocycles. The minimum atomic E-state index is 0. The average molecular weight is 421 g/mol. The third-order valence-corrected chi connectivity index (χ3v) is 4.98. The van der Waals surface area contributed by atoms with Gasteiger partial charge in [-0.1, -0.05) is 18.1 Å². The van der Waals surface area contributed by atoms with Crippen LogP contribution in [0.4, 0.5) is 0 Å². The maximum Gasteiger partial charge on any atom is 0.191 e. The fraction of sp³-hybridized carbons (Fsp3) is 0.824. The maximum absolute atomic E-state index is 5.25. The summed E-state index contributed by atoms with van der Waals surface area (Å²) >= 11 is 0. The summed E-state index contributed by atoms with van der Waals surface area (Å²) in [6, 6.07) is 0. The van der Waals surface area contributed by atoms with E-state index in [-0.39, 0.29) is 24.0 Å². The minimum absolute atomic E-state index is 0. The highest BCUT2D eigenvalue weighted by Crippen LogP contribution is 2.43. The Kier molecular flexibility index (Phi) is 9.40. The van der Waals surface area contributed by atoms with Gasteiger partial charge in [-0.3, -0.25) is 4.99 Å². The summed E-state index contributed by atoms with van der Waals surface area (Å²) in [6.07, 6.45) is 12.6. The lowest BCUT2D eigenvalue weighted by Crippen LogP contribution is -2.47. The van der Waals surface area contributed by atoms with Gasteiger partial charge < -0.3 is 15.4 Å². The van der Waals surface area contributed by atoms with Crippen LogP contribution in [0, 0.1) is 5.41 Å². The van der Waals surface area contributed by atoms with Gasteiger partial charge in [0.2, 0.25) is 0 Å². The largest absolute Gasteiger partial charge is 0.385 e. The molecule has 0 unspecified atom stereocenters. The smallest absolute Gasteiger partial charge is 0.191 e. The number of methoxy groups -OCH3 is 1. The van der Waals surface area contributed by atoms with Gasteiger partial charge in [-0.05, 0) is 50.4 Å². The Bertz CT molecular complexity index is 378. The molecule has 2 aliphatic rings. The van der Waals surface area contributed by atoms with Crippen molar-refractivity contribution >= 4 is 29.9 Å². The fourth-order valence-electron chi connectivity index (χ4n) is 3.31. The molecule has 4 nitrogen and oxygen atoms in total. The van der Waals surface area contributed by atoms with Crippen LogP contribution < -0.4 is 10.6 Å². The number of rotatable bonds is 8. The molecule has 0 aromatic rings. The third kappa shape index (κ3) is 6.07. The van der Waals surface area contributed by atoms with Crippen LogP contribution in [0.3, 0.4) is 0 Å². The lowest BCUT2D eigenvalue weighted by Gasteiger charge is -2.42. The number of allylic oxidation sites excluding steroid dienone is 1. The summed E-state index contributed by atoms with van der Waals surface area (Å²) in [5.41, 5.74) is 2.04. The molecule has 1 fully saturated rings. The minimum Gasteiger partial charge on any atom is -0.385 e. The second kappa shape index (κ2) is 10.5. The van der Waals surface area contributed by atoms with Crippen molar-refractivity contribution in [3.05, 3.63) is 11.6 Å². The Morgan fingerprint density at radius 2 is 2.14 bits per heavy atom. The molecule has 0 atom stereocenters. The molecule has 0 heterocycles. The highest BCUT2D eigenvalue weighted by molar-refractivity contribution is 14.0. The Labute approximate surface area is 152 Å². The Hall–Kier alpha value is -0.300. The molecular formula is C17H32IN3O. The zero-order chi connectivity index (χ0) is 15.0. The first-order valence-corrected chi connectivity index (χ1v) is 8.39. The molecule has 0 aliphatic heterocycles. The van der Waals surface area contributed by atoms with Crippen LogP contribution in [0.5, 0.6) is 0 Å². The van der Waals surface area contributed by atoms with Gasteiger partial charge in [0, 0.05) is 33.9 Å². The molecule has 22 heavy (non-hydrogen) atoms. The van der Waals surface area contributed by atoms with Gasteiger partial charge in [0.05, 0.1) is 0 Å². The SMILES string of the molecule is CN=C(NCCC1=CCCC1)NCC1(CCOC)CCC1.I. The molecular weight excluding hydrogens is 389 g/mol. The van der Waals surface area contributed by atoms with Gasteiger partial charge in [-0.2, -0.15) is 0 Å². The van der Waals surface area contributed by atoms with Crippen molar-refractivity contribution in [3.8, 4) is 0 Å². The molecule has 0 spiro atoms.